The summed E-state index contributed by atoms with van der Waals surface area (Å²) >= 11 is 6.27. The molecule has 1 aromatic carbocycles. The molecule has 0 fully saturated rings. The molecule has 82 valence electrons. The predicted molar refractivity (Wildman–Crippen MR) is 82.2 cm³/mol. The van der Waals surface area contributed by atoms with Crippen LogP contribution in [0.5, 0.6) is 5.75 Å². The number of carboxylic acids is 1. The number of phenolic OH excluding ortho intramolecular Hbond substituents is 1. The van der Waals surface area contributed by atoms with Gasteiger partial charge in [0.2, 0.25) is 0 Å². The summed E-state index contributed by atoms with van der Waals surface area (Å²) in [6.07, 6.45) is 0.544. The van der Waals surface area contributed by atoms with Crippen LogP contribution in [0.1, 0.15) is 12.0 Å². The summed E-state index contributed by atoms with van der Waals surface area (Å²) in [4.78, 5) is 10.5. The topological polar surface area (TPSA) is 57.5 Å². The van der Waals surface area contributed by atoms with Gasteiger partial charge in [-0.15, -0.1) is 0 Å². The number of carbonyl (C=O) groups is 1. The molecule has 0 atom stereocenters. The zero-order valence-electron chi connectivity index (χ0n) is 7.43. The van der Waals surface area contributed by atoms with Gasteiger partial charge >= 0.3 is 5.97 Å². The van der Waals surface area contributed by atoms with Crippen molar-refractivity contribution in [1.82, 2.24) is 0 Å². The van der Waals surface area contributed by atoms with E-state index in [0.717, 1.165) is 16.3 Å². The van der Waals surface area contributed by atoms with Crippen molar-refractivity contribution in [2.45, 2.75) is 12.8 Å². The van der Waals surface area contributed by atoms with E-state index in [1.54, 1.807) is 0 Å². The fourth-order valence-electron chi connectivity index (χ4n) is 1.08. The van der Waals surface area contributed by atoms with E-state index in [4.69, 9.17) is 5.11 Å². The summed E-state index contributed by atoms with van der Waals surface area (Å²) in [5.74, 6) is -0.573. The lowest BCUT2D eigenvalue weighted by molar-refractivity contribution is -0.136. The Kier molecular flexibility index (Phi) is 5.36. The van der Waals surface area contributed by atoms with Gasteiger partial charge in [0.15, 0.2) is 0 Å². The Morgan fingerprint density at radius 2 is 1.87 bits per heavy atom. The molecule has 0 aliphatic rings. The van der Waals surface area contributed by atoms with Crippen molar-refractivity contribution < 1.29 is 15.0 Å². The average Bonchev–Trinajstić information content (AvgIpc) is 2.14. The second kappa shape index (κ2) is 5.84. The summed E-state index contributed by atoms with van der Waals surface area (Å²) in [6, 6.07) is 1.86. The van der Waals surface area contributed by atoms with E-state index in [0.29, 0.717) is 6.42 Å². The number of benzene rings is 1. The molecule has 0 saturated heterocycles. The van der Waals surface area contributed by atoms with Gasteiger partial charge in [-0.3, -0.25) is 4.79 Å². The molecule has 0 unspecified atom stereocenters. The van der Waals surface area contributed by atoms with Crippen molar-refractivity contribution in [3.8, 4) is 5.75 Å². The Labute approximate surface area is 128 Å². The lowest BCUT2D eigenvalue weighted by Crippen LogP contribution is -2.02. The molecule has 6 heteroatoms. The van der Waals surface area contributed by atoms with E-state index in [1.807, 2.05) is 6.07 Å². The van der Waals surface area contributed by atoms with Gasteiger partial charge in [-0.2, -0.15) is 0 Å². The van der Waals surface area contributed by atoms with Crippen molar-refractivity contribution in [3.63, 3.8) is 0 Å². The molecule has 0 spiro atoms. The number of phenols is 1. The molecule has 0 aliphatic carbocycles. The van der Waals surface area contributed by atoms with E-state index in [9.17, 15) is 9.90 Å². The Balaban J connectivity index is 3.07. The first kappa shape index (κ1) is 13.7. The smallest absolute Gasteiger partial charge is 0.303 e. The van der Waals surface area contributed by atoms with E-state index in [-0.39, 0.29) is 12.2 Å². The highest BCUT2D eigenvalue weighted by molar-refractivity contribution is 14.1. The van der Waals surface area contributed by atoms with Gasteiger partial charge in [0, 0.05) is 9.99 Å². The van der Waals surface area contributed by atoms with Crippen LogP contribution in [-0.2, 0) is 11.2 Å². The highest BCUT2D eigenvalue weighted by atomic mass is 127. The number of aliphatic carboxylic acids is 1. The zero-order valence-corrected chi connectivity index (χ0v) is 13.9. The molecule has 15 heavy (non-hydrogen) atoms. The van der Waals surface area contributed by atoms with Crippen molar-refractivity contribution in [2.24, 2.45) is 0 Å². The summed E-state index contributed by atoms with van der Waals surface area (Å²) in [7, 11) is 0. The molecule has 2 N–H and O–H groups in total. The van der Waals surface area contributed by atoms with Gasteiger partial charge < -0.3 is 10.2 Å². The van der Waals surface area contributed by atoms with E-state index >= 15 is 0 Å². The summed E-state index contributed by atoms with van der Waals surface area (Å²) in [6.45, 7) is 0. The number of hydrogen-bond donors (Lipinski definition) is 2. The fraction of sp³-hybridized carbons (Fsp3) is 0.222. The second-order valence-corrected chi connectivity index (χ2v) is 6.28. The highest BCUT2D eigenvalue weighted by Crippen LogP contribution is 2.32. The van der Waals surface area contributed by atoms with Gasteiger partial charge in [0.25, 0.3) is 0 Å². The number of halogens is 3. The van der Waals surface area contributed by atoms with E-state index in [1.165, 1.54) is 0 Å². The third kappa shape index (κ3) is 3.58. The summed E-state index contributed by atoms with van der Waals surface area (Å²) in [5, 5.41) is 18.3. The standard InChI is InChI=1S/C9H7I3O3/c10-5-3-6(11)9(15)8(12)4(5)1-2-7(13)14/h3,15H,1-2H2,(H,13,14). The molecule has 0 radical (unpaired) electrons. The molecule has 0 heterocycles. The van der Waals surface area contributed by atoms with Crippen LogP contribution in [0, 0.1) is 10.7 Å². The maximum atomic E-state index is 10.5. The van der Waals surface area contributed by atoms with Crippen molar-refractivity contribution in [1.29, 1.82) is 0 Å². The van der Waals surface area contributed by atoms with Crippen molar-refractivity contribution in [2.75, 3.05) is 0 Å². The number of rotatable bonds is 3. The van der Waals surface area contributed by atoms with Crippen LogP contribution in [0.4, 0.5) is 0 Å². The molecular weight excluding hydrogens is 537 g/mol. The molecule has 0 aromatic heterocycles. The SMILES string of the molecule is O=C(O)CCc1c(I)cc(I)c(O)c1I. The van der Waals surface area contributed by atoms with Crippen LogP contribution in [0.3, 0.4) is 0 Å². The fourth-order valence-corrected chi connectivity index (χ4v) is 4.99. The Bertz CT molecular complexity index is 404. The minimum Gasteiger partial charge on any atom is -0.506 e. The van der Waals surface area contributed by atoms with E-state index < -0.39 is 5.97 Å². The summed E-state index contributed by atoms with van der Waals surface area (Å²) < 4.78 is 2.55. The molecule has 1 aromatic rings. The Morgan fingerprint density at radius 1 is 1.27 bits per heavy atom. The molecule has 0 amide bonds. The first-order valence-corrected chi connectivity index (χ1v) is 7.24. The van der Waals surface area contributed by atoms with Crippen LogP contribution in [0.15, 0.2) is 6.07 Å². The van der Waals surface area contributed by atoms with E-state index in [2.05, 4.69) is 67.8 Å². The van der Waals surface area contributed by atoms with Crippen LogP contribution in [0.2, 0.25) is 0 Å². The molecule has 3 nitrogen and oxygen atoms in total. The van der Waals surface area contributed by atoms with Gasteiger partial charge in [0.1, 0.15) is 5.75 Å². The lowest BCUT2D eigenvalue weighted by Gasteiger charge is -2.09. The quantitative estimate of drug-likeness (QED) is 0.576. The highest BCUT2D eigenvalue weighted by Gasteiger charge is 2.13. The van der Waals surface area contributed by atoms with Crippen LogP contribution in [-0.4, -0.2) is 16.2 Å². The predicted octanol–water partition coefficient (Wildman–Crippen LogP) is 3.22. The van der Waals surface area contributed by atoms with Gasteiger partial charge in [-0.25, -0.2) is 0 Å². The van der Waals surface area contributed by atoms with Gasteiger partial charge in [0.05, 0.1) is 7.14 Å². The largest absolute Gasteiger partial charge is 0.506 e. The maximum Gasteiger partial charge on any atom is 0.303 e. The van der Waals surface area contributed by atoms with Crippen molar-refractivity contribution >= 4 is 73.7 Å². The first-order chi connectivity index (χ1) is 6.93. The minimum absolute atomic E-state index is 0.0893. The Hall–Kier alpha value is 0.680. The Morgan fingerprint density at radius 3 is 2.40 bits per heavy atom. The van der Waals surface area contributed by atoms with Crippen LogP contribution in [0.25, 0.3) is 0 Å². The molecule has 1 rings (SSSR count). The average molecular weight is 544 g/mol. The van der Waals surface area contributed by atoms with Crippen LogP contribution >= 0.6 is 67.8 Å². The maximum absolute atomic E-state index is 10.5. The summed E-state index contributed by atoms with van der Waals surface area (Å²) in [5.41, 5.74) is 0.913. The molecule has 0 bridgehead atoms. The zero-order chi connectivity index (χ0) is 11.6. The minimum atomic E-state index is -0.820. The second-order valence-electron chi connectivity index (χ2n) is 2.88. The lowest BCUT2D eigenvalue weighted by atomic mass is 10.1. The molecule has 0 saturated carbocycles. The number of carboxylic acid groups (broad SMARTS) is 1. The third-order valence-electron chi connectivity index (χ3n) is 1.83. The normalized spacial score (nSPS) is 10.3. The molecular formula is C9H7I3O3. The van der Waals surface area contributed by atoms with Crippen molar-refractivity contribution in [3.05, 3.63) is 22.3 Å². The third-order valence-corrected chi connectivity index (χ3v) is 4.78. The molecule has 0 aliphatic heterocycles. The van der Waals surface area contributed by atoms with Crippen LogP contribution < -0.4 is 0 Å². The monoisotopic (exact) mass is 544 g/mol. The number of aromatic hydroxyl groups is 1. The first-order valence-electron chi connectivity index (χ1n) is 4.00. The van der Waals surface area contributed by atoms with Gasteiger partial charge in [-0.1, -0.05) is 0 Å². The van der Waals surface area contributed by atoms with Gasteiger partial charge in [-0.05, 0) is 85.8 Å². The number of hydrogen-bond acceptors (Lipinski definition) is 2.